The number of ether oxygens (including phenoxy) is 1. The zero-order valence-corrected chi connectivity index (χ0v) is 15.5. The lowest BCUT2D eigenvalue weighted by Crippen LogP contribution is -2.20. The van der Waals surface area contributed by atoms with Crippen molar-refractivity contribution in [2.24, 2.45) is 0 Å². The number of rotatable bonds is 5. The molecule has 0 aliphatic rings. The Bertz CT molecular complexity index is 1010. The summed E-state index contributed by atoms with van der Waals surface area (Å²) in [5.41, 5.74) is 1.96. The molecule has 0 unspecified atom stereocenters. The van der Waals surface area contributed by atoms with Gasteiger partial charge in [-0.25, -0.2) is 9.18 Å². The second-order valence-electron chi connectivity index (χ2n) is 5.09. The van der Waals surface area contributed by atoms with E-state index >= 15 is 0 Å². The highest BCUT2D eigenvalue weighted by Gasteiger charge is 2.10. The van der Waals surface area contributed by atoms with Crippen LogP contribution < -0.4 is 5.32 Å². The first-order chi connectivity index (χ1) is 12.5. The van der Waals surface area contributed by atoms with E-state index in [9.17, 15) is 14.0 Å². The number of aromatic nitrogens is 2. The molecule has 132 valence electrons. The van der Waals surface area contributed by atoms with Gasteiger partial charge in [0.2, 0.25) is 0 Å². The van der Waals surface area contributed by atoms with Crippen LogP contribution in [0.5, 0.6) is 0 Å². The standard InChI is InChI=1S/C17H11BrFN3O3S/c18-11-5-6-12(19)10(8-11)4-7-16(24)25-9-15(23)20-13-2-1-3-14-17(13)22-26-21-14/h1-8H,9H2,(H,20,23)/b7-4+. The van der Waals surface area contributed by atoms with Gasteiger partial charge < -0.3 is 10.1 Å². The number of amides is 1. The molecule has 3 aromatic rings. The van der Waals surface area contributed by atoms with Gasteiger partial charge in [-0.3, -0.25) is 4.79 Å². The Balaban J connectivity index is 1.56. The van der Waals surface area contributed by atoms with Crippen molar-refractivity contribution < 1.29 is 18.7 Å². The average molecular weight is 436 g/mol. The third-order valence-corrected chi connectivity index (χ3v) is 4.30. The zero-order chi connectivity index (χ0) is 18.5. The van der Waals surface area contributed by atoms with E-state index in [0.717, 1.165) is 17.8 Å². The fraction of sp³-hybridized carbons (Fsp3) is 0.0588. The number of hydrogen-bond acceptors (Lipinski definition) is 6. The Labute approximate surface area is 160 Å². The minimum Gasteiger partial charge on any atom is -0.452 e. The Morgan fingerprint density at radius 2 is 2.12 bits per heavy atom. The molecule has 1 aromatic heterocycles. The van der Waals surface area contributed by atoms with Crippen LogP contribution in [0.25, 0.3) is 17.1 Å². The topological polar surface area (TPSA) is 81.2 Å². The Hall–Kier alpha value is -2.65. The lowest BCUT2D eigenvalue weighted by molar-refractivity contribution is -0.142. The smallest absolute Gasteiger partial charge is 0.331 e. The number of anilines is 1. The molecule has 1 heterocycles. The summed E-state index contributed by atoms with van der Waals surface area (Å²) in [5.74, 6) is -1.74. The molecule has 3 rings (SSSR count). The van der Waals surface area contributed by atoms with E-state index in [-0.39, 0.29) is 5.56 Å². The van der Waals surface area contributed by atoms with Crippen molar-refractivity contribution >= 4 is 62.3 Å². The Kier molecular flexibility index (Phi) is 5.69. The molecular weight excluding hydrogens is 425 g/mol. The number of benzene rings is 2. The number of carbonyl (C=O) groups is 2. The maximum atomic E-state index is 13.6. The molecule has 9 heteroatoms. The van der Waals surface area contributed by atoms with Crippen LogP contribution in [0.1, 0.15) is 5.56 Å². The van der Waals surface area contributed by atoms with Crippen molar-refractivity contribution in [2.75, 3.05) is 11.9 Å². The van der Waals surface area contributed by atoms with E-state index in [1.54, 1.807) is 24.3 Å². The van der Waals surface area contributed by atoms with Crippen LogP contribution in [0.4, 0.5) is 10.1 Å². The number of nitrogens with zero attached hydrogens (tertiary/aromatic N) is 2. The molecule has 1 N–H and O–H groups in total. The molecule has 0 aliphatic carbocycles. The molecule has 6 nitrogen and oxygen atoms in total. The maximum absolute atomic E-state index is 13.6. The van der Waals surface area contributed by atoms with Crippen LogP contribution in [-0.2, 0) is 14.3 Å². The van der Waals surface area contributed by atoms with Crippen molar-refractivity contribution in [2.45, 2.75) is 0 Å². The summed E-state index contributed by atoms with van der Waals surface area (Å²) in [6, 6.07) is 9.54. The fourth-order valence-electron chi connectivity index (χ4n) is 2.08. The summed E-state index contributed by atoms with van der Waals surface area (Å²) in [6.07, 6.45) is 2.34. The second kappa shape index (κ2) is 8.15. The van der Waals surface area contributed by atoms with Crippen LogP contribution in [-0.4, -0.2) is 27.2 Å². The summed E-state index contributed by atoms with van der Waals surface area (Å²) >= 11 is 4.26. The number of hydrogen-bond donors (Lipinski definition) is 1. The molecule has 0 spiro atoms. The first-order valence-corrected chi connectivity index (χ1v) is 8.86. The van der Waals surface area contributed by atoms with Crippen LogP contribution in [0.15, 0.2) is 46.9 Å². The average Bonchev–Trinajstić information content (AvgIpc) is 3.10. The van der Waals surface area contributed by atoms with Crippen molar-refractivity contribution in [3.05, 3.63) is 58.3 Å². The first kappa shape index (κ1) is 18.2. The van der Waals surface area contributed by atoms with Gasteiger partial charge in [0.05, 0.1) is 17.4 Å². The zero-order valence-electron chi connectivity index (χ0n) is 13.1. The molecule has 0 saturated carbocycles. The highest BCUT2D eigenvalue weighted by molar-refractivity contribution is 9.10. The van der Waals surface area contributed by atoms with Gasteiger partial charge in [0.15, 0.2) is 6.61 Å². The Morgan fingerprint density at radius 3 is 2.96 bits per heavy atom. The number of carbonyl (C=O) groups excluding carboxylic acids is 2. The highest BCUT2D eigenvalue weighted by atomic mass is 79.9. The second-order valence-corrected chi connectivity index (χ2v) is 6.54. The molecule has 0 aliphatic heterocycles. The van der Waals surface area contributed by atoms with Gasteiger partial charge in [0.25, 0.3) is 5.91 Å². The van der Waals surface area contributed by atoms with Crippen molar-refractivity contribution in [1.82, 2.24) is 8.75 Å². The minimum atomic E-state index is -0.756. The van der Waals surface area contributed by atoms with Crippen molar-refractivity contribution in [3.63, 3.8) is 0 Å². The van der Waals surface area contributed by atoms with E-state index in [1.807, 2.05) is 0 Å². The number of esters is 1. The van der Waals surface area contributed by atoms with E-state index in [0.29, 0.717) is 21.2 Å². The number of fused-ring (bicyclic) bond motifs is 1. The SMILES string of the molecule is O=C(COC(=O)/C=C/c1cc(Br)ccc1F)Nc1cccc2nsnc12. The molecule has 1 amide bonds. The van der Waals surface area contributed by atoms with Gasteiger partial charge in [-0.1, -0.05) is 22.0 Å². The molecular formula is C17H11BrFN3O3S. The van der Waals surface area contributed by atoms with Gasteiger partial charge >= 0.3 is 5.97 Å². The van der Waals surface area contributed by atoms with Crippen LogP contribution in [0.2, 0.25) is 0 Å². The monoisotopic (exact) mass is 435 g/mol. The minimum absolute atomic E-state index is 0.225. The normalized spacial score (nSPS) is 11.0. The third-order valence-electron chi connectivity index (χ3n) is 3.26. The largest absolute Gasteiger partial charge is 0.452 e. The first-order valence-electron chi connectivity index (χ1n) is 7.34. The molecule has 0 saturated heterocycles. The maximum Gasteiger partial charge on any atom is 0.331 e. The van der Waals surface area contributed by atoms with Crippen molar-refractivity contribution in [1.29, 1.82) is 0 Å². The number of halogens is 2. The lowest BCUT2D eigenvalue weighted by Gasteiger charge is -2.05. The predicted octanol–water partition coefficient (Wildman–Crippen LogP) is 3.79. The molecule has 26 heavy (non-hydrogen) atoms. The molecule has 0 atom stereocenters. The van der Waals surface area contributed by atoms with E-state index in [1.165, 1.54) is 18.2 Å². The summed E-state index contributed by atoms with van der Waals surface area (Å²) in [6.45, 7) is -0.474. The number of nitrogens with one attached hydrogen (secondary N) is 1. The molecule has 0 radical (unpaired) electrons. The predicted molar refractivity (Wildman–Crippen MR) is 100 cm³/mol. The fourth-order valence-corrected chi connectivity index (χ4v) is 3.01. The van der Waals surface area contributed by atoms with Gasteiger partial charge in [0, 0.05) is 16.1 Å². The van der Waals surface area contributed by atoms with Crippen LogP contribution in [0, 0.1) is 5.82 Å². The quantitative estimate of drug-likeness (QED) is 0.486. The molecule has 0 bridgehead atoms. The van der Waals surface area contributed by atoms with Gasteiger partial charge in [-0.15, -0.1) is 0 Å². The van der Waals surface area contributed by atoms with Gasteiger partial charge in [-0.05, 0) is 36.4 Å². The van der Waals surface area contributed by atoms with Gasteiger partial charge in [0.1, 0.15) is 16.9 Å². The third kappa shape index (κ3) is 4.50. The van der Waals surface area contributed by atoms with Crippen LogP contribution >= 0.6 is 27.7 Å². The summed E-state index contributed by atoms with van der Waals surface area (Å²) < 4.78 is 27.3. The summed E-state index contributed by atoms with van der Waals surface area (Å²) in [4.78, 5) is 23.6. The summed E-state index contributed by atoms with van der Waals surface area (Å²) in [7, 11) is 0. The van der Waals surface area contributed by atoms with E-state index in [2.05, 4.69) is 30.0 Å². The Morgan fingerprint density at radius 1 is 1.27 bits per heavy atom. The lowest BCUT2D eigenvalue weighted by atomic mass is 10.2. The molecule has 0 fully saturated rings. The highest BCUT2D eigenvalue weighted by Crippen LogP contribution is 2.21. The van der Waals surface area contributed by atoms with Crippen molar-refractivity contribution in [3.8, 4) is 0 Å². The van der Waals surface area contributed by atoms with E-state index in [4.69, 9.17) is 4.74 Å². The van der Waals surface area contributed by atoms with E-state index < -0.39 is 24.3 Å². The van der Waals surface area contributed by atoms with Gasteiger partial charge in [-0.2, -0.15) is 8.75 Å². The summed E-state index contributed by atoms with van der Waals surface area (Å²) in [5, 5.41) is 2.61. The van der Waals surface area contributed by atoms with Crippen LogP contribution in [0.3, 0.4) is 0 Å². The molecule has 2 aromatic carbocycles.